The number of nitrogens with one attached hydrogen (secondary N) is 2. The Bertz CT molecular complexity index is 843. The van der Waals surface area contributed by atoms with Gasteiger partial charge in [0, 0.05) is 29.7 Å². The number of anilines is 1. The molecule has 0 bridgehead atoms. The molecule has 8 heteroatoms. The Balaban J connectivity index is 1.38. The number of benzene rings is 2. The van der Waals surface area contributed by atoms with E-state index in [1.54, 1.807) is 37.1 Å². The van der Waals surface area contributed by atoms with Crippen molar-refractivity contribution in [2.75, 3.05) is 31.4 Å². The second-order valence-corrected chi connectivity index (χ2v) is 7.12. The number of ether oxygens (including phenoxy) is 3. The van der Waals surface area contributed by atoms with Gasteiger partial charge in [-0.15, -0.1) is 0 Å². The van der Waals surface area contributed by atoms with Gasteiger partial charge in [0.05, 0.1) is 7.11 Å². The average molecular weight is 402 g/mol. The number of hydrogen-bond acceptors (Lipinski definition) is 6. The normalized spacial score (nSPS) is 12.2. The number of carbonyl (C=O) groups excluding carboxylic acids is 2. The summed E-state index contributed by atoms with van der Waals surface area (Å²) in [5, 5.41) is 4.96. The van der Waals surface area contributed by atoms with E-state index >= 15 is 0 Å². The monoisotopic (exact) mass is 402 g/mol. The van der Waals surface area contributed by atoms with E-state index in [-0.39, 0.29) is 12.3 Å². The fourth-order valence-electron chi connectivity index (χ4n) is 2.59. The van der Waals surface area contributed by atoms with Crippen LogP contribution in [0.4, 0.5) is 10.5 Å². The highest BCUT2D eigenvalue weighted by atomic mass is 32.2. The van der Waals surface area contributed by atoms with Crippen LogP contribution in [0.3, 0.4) is 0 Å². The van der Waals surface area contributed by atoms with E-state index < -0.39 is 6.03 Å². The lowest BCUT2D eigenvalue weighted by molar-refractivity contribution is -0.119. The zero-order valence-corrected chi connectivity index (χ0v) is 16.3. The Morgan fingerprint density at radius 2 is 1.93 bits per heavy atom. The van der Waals surface area contributed by atoms with Gasteiger partial charge in [-0.1, -0.05) is 12.1 Å². The van der Waals surface area contributed by atoms with Crippen LogP contribution in [-0.4, -0.2) is 38.0 Å². The third-order valence-electron chi connectivity index (χ3n) is 3.93. The van der Waals surface area contributed by atoms with Gasteiger partial charge in [-0.3, -0.25) is 10.1 Å². The highest BCUT2D eigenvalue weighted by Crippen LogP contribution is 2.32. The Hall–Kier alpha value is -2.87. The number of carbonyl (C=O) groups is 2. The van der Waals surface area contributed by atoms with Crippen LogP contribution >= 0.6 is 11.8 Å². The molecule has 0 spiro atoms. The average Bonchev–Trinajstić information content (AvgIpc) is 2.71. The number of amides is 3. The summed E-state index contributed by atoms with van der Waals surface area (Å²) in [5.41, 5.74) is 1.66. The van der Waals surface area contributed by atoms with Crippen LogP contribution in [0.15, 0.2) is 42.5 Å². The van der Waals surface area contributed by atoms with Gasteiger partial charge in [0.2, 0.25) is 5.91 Å². The van der Waals surface area contributed by atoms with Crippen molar-refractivity contribution in [3.05, 3.63) is 48.0 Å². The summed E-state index contributed by atoms with van der Waals surface area (Å²) in [7, 11) is 1.63. The standard InChI is InChI=1S/C20H22N2O5S/c1-25-16-4-2-3-14(11-16)13-28-10-7-19(23)22-20(24)21-15-5-6-17-18(12-15)27-9-8-26-17/h2-6,11-12H,7-10,13H2,1H3,(H2,21,22,23,24). The summed E-state index contributed by atoms with van der Waals surface area (Å²) < 4.78 is 16.1. The molecule has 2 aromatic carbocycles. The van der Waals surface area contributed by atoms with Gasteiger partial charge in [0.1, 0.15) is 19.0 Å². The van der Waals surface area contributed by atoms with Crippen molar-refractivity contribution in [1.82, 2.24) is 5.32 Å². The summed E-state index contributed by atoms with van der Waals surface area (Å²) in [6.07, 6.45) is 0.253. The topological polar surface area (TPSA) is 85.9 Å². The van der Waals surface area contributed by atoms with Gasteiger partial charge in [0.25, 0.3) is 0 Å². The number of rotatable bonds is 7. The van der Waals surface area contributed by atoms with E-state index in [2.05, 4.69) is 10.6 Å². The van der Waals surface area contributed by atoms with Crippen molar-refractivity contribution in [1.29, 1.82) is 0 Å². The predicted octanol–water partition coefficient (Wildman–Crippen LogP) is 3.44. The van der Waals surface area contributed by atoms with Gasteiger partial charge >= 0.3 is 6.03 Å². The van der Waals surface area contributed by atoms with E-state index in [0.717, 1.165) is 17.1 Å². The minimum atomic E-state index is -0.570. The largest absolute Gasteiger partial charge is 0.497 e. The number of imide groups is 1. The van der Waals surface area contributed by atoms with E-state index in [4.69, 9.17) is 14.2 Å². The first kappa shape index (κ1) is 19.9. The van der Waals surface area contributed by atoms with Crippen LogP contribution in [-0.2, 0) is 10.5 Å². The molecule has 28 heavy (non-hydrogen) atoms. The fourth-order valence-corrected chi connectivity index (χ4v) is 3.48. The molecule has 0 atom stereocenters. The van der Waals surface area contributed by atoms with Crippen molar-refractivity contribution < 1.29 is 23.8 Å². The molecule has 2 N–H and O–H groups in total. The first-order valence-electron chi connectivity index (χ1n) is 8.85. The van der Waals surface area contributed by atoms with Crippen molar-refractivity contribution in [3.8, 4) is 17.2 Å². The zero-order valence-electron chi connectivity index (χ0n) is 15.5. The summed E-state index contributed by atoms with van der Waals surface area (Å²) in [6, 6.07) is 12.3. The Labute approximate surface area is 167 Å². The fraction of sp³-hybridized carbons (Fsp3) is 0.300. The molecule has 0 saturated carbocycles. The Kier molecular flexibility index (Phi) is 7.02. The Morgan fingerprint density at radius 1 is 1.11 bits per heavy atom. The molecule has 0 radical (unpaired) electrons. The molecule has 3 amide bonds. The molecule has 3 rings (SSSR count). The predicted molar refractivity (Wildman–Crippen MR) is 108 cm³/mol. The third kappa shape index (κ3) is 5.82. The van der Waals surface area contributed by atoms with Gasteiger partial charge in [-0.25, -0.2) is 4.79 Å². The maximum atomic E-state index is 12.0. The second-order valence-electron chi connectivity index (χ2n) is 6.01. The molecule has 148 valence electrons. The molecular formula is C20H22N2O5S. The summed E-state index contributed by atoms with van der Waals surface area (Å²) in [5.74, 6) is 3.08. The SMILES string of the molecule is COc1cccc(CSCCC(=O)NC(=O)Nc2ccc3c(c2)OCCO3)c1. The smallest absolute Gasteiger partial charge is 0.325 e. The molecular weight excluding hydrogens is 380 g/mol. The van der Waals surface area contributed by atoms with Crippen molar-refractivity contribution >= 4 is 29.4 Å². The van der Waals surface area contributed by atoms with Crippen molar-refractivity contribution in [2.45, 2.75) is 12.2 Å². The van der Waals surface area contributed by atoms with Crippen LogP contribution in [0.1, 0.15) is 12.0 Å². The quantitative estimate of drug-likeness (QED) is 0.690. The molecule has 0 aromatic heterocycles. The molecule has 7 nitrogen and oxygen atoms in total. The molecule has 1 aliphatic heterocycles. The number of hydrogen-bond donors (Lipinski definition) is 2. The summed E-state index contributed by atoms with van der Waals surface area (Å²) >= 11 is 1.62. The number of fused-ring (bicyclic) bond motifs is 1. The summed E-state index contributed by atoms with van der Waals surface area (Å²) in [4.78, 5) is 23.9. The Morgan fingerprint density at radius 3 is 2.75 bits per heavy atom. The molecule has 0 fully saturated rings. The lowest BCUT2D eigenvalue weighted by Gasteiger charge is -2.19. The number of thioether (sulfide) groups is 1. The first-order valence-corrected chi connectivity index (χ1v) is 10.0. The molecule has 0 unspecified atom stereocenters. The summed E-state index contributed by atoms with van der Waals surface area (Å²) in [6.45, 7) is 0.971. The van der Waals surface area contributed by atoms with Gasteiger partial charge < -0.3 is 19.5 Å². The van der Waals surface area contributed by atoms with Crippen molar-refractivity contribution in [2.24, 2.45) is 0 Å². The minimum absolute atomic E-state index is 0.253. The van der Waals surface area contributed by atoms with Crippen LogP contribution in [0.2, 0.25) is 0 Å². The van der Waals surface area contributed by atoms with E-state index in [0.29, 0.717) is 36.2 Å². The van der Waals surface area contributed by atoms with Gasteiger partial charge in [-0.2, -0.15) is 11.8 Å². The van der Waals surface area contributed by atoms with Gasteiger partial charge in [-0.05, 0) is 29.8 Å². The maximum absolute atomic E-state index is 12.0. The van der Waals surface area contributed by atoms with Crippen LogP contribution in [0.25, 0.3) is 0 Å². The van der Waals surface area contributed by atoms with E-state index in [9.17, 15) is 9.59 Å². The molecule has 0 saturated heterocycles. The van der Waals surface area contributed by atoms with Crippen LogP contribution < -0.4 is 24.8 Å². The van der Waals surface area contributed by atoms with Crippen LogP contribution in [0, 0.1) is 0 Å². The molecule has 1 heterocycles. The second kappa shape index (κ2) is 9.89. The molecule has 0 aliphatic carbocycles. The molecule has 2 aromatic rings. The highest BCUT2D eigenvalue weighted by Gasteiger charge is 2.13. The highest BCUT2D eigenvalue weighted by molar-refractivity contribution is 7.98. The lowest BCUT2D eigenvalue weighted by Crippen LogP contribution is -2.34. The van der Waals surface area contributed by atoms with Crippen molar-refractivity contribution in [3.63, 3.8) is 0 Å². The number of urea groups is 1. The van der Waals surface area contributed by atoms with Crippen LogP contribution in [0.5, 0.6) is 17.2 Å². The molecule has 1 aliphatic rings. The van der Waals surface area contributed by atoms with Gasteiger partial charge in [0.15, 0.2) is 11.5 Å². The minimum Gasteiger partial charge on any atom is -0.497 e. The van der Waals surface area contributed by atoms with E-state index in [1.807, 2.05) is 24.3 Å². The number of methoxy groups -OCH3 is 1. The third-order valence-corrected chi connectivity index (χ3v) is 4.96. The maximum Gasteiger partial charge on any atom is 0.325 e. The lowest BCUT2D eigenvalue weighted by atomic mass is 10.2. The zero-order chi connectivity index (χ0) is 19.8. The first-order chi connectivity index (χ1) is 13.6. The van der Waals surface area contributed by atoms with E-state index in [1.165, 1.54) is 0 Å².